The molecule has 1 aliphatic rings. The van der Waals surface area contributed by atoms with Crippen LogP contribution >= 0.6 is 0 Å². The van der Waals surface area contributed by atoms with Gasteiger partial charge in [-0.15, -0.1) is 0 Å². The maximum absolute atomic E-state index is 12.2. The van der Waals surface area contributed by atoms with E-state index in [4.69, 9.17) is 0 Å². The molecule has 0 N–H and O–H groups in total. The Bertz CT molecular complexity index is 377. The van der Waals surface area contributed by atoms with Crippen molar-refractivity contribution >= 4 is 5.78 Å². The predicted octanol–water partition coefficient (Wildman–Crippen LogP) is 3.59. The Morgan fingerprint density at radius 3 is 2.07 bits per heavy atom. The highest BCUT2D eigenvalue weighted by molar-refractivity contribution is 6.00. The lowest BCUT2D eigenvalue weighted by Crippen LogP contribution is -2.23. The quantitative estimate of drug-likeness (QED) is 0.670. The van der Waals surface area contributed by atoms with E-state index in [0.717, 1.165) is 29.5 Å². The maximum atomic E-state index is 12.2. The van der Waals surface area contributed by atoms with Crippen LogP contribution in [0.2, 0.25) is 0 Å². The average molecular weight is 202 g/mol. The highest BCUT2D eigenvalue weighted by Crippen LogP contribution is 2.32. The fourth-order valence-corrected chi connectivity index (χ4v) is 2.44. The van der Waals surface area contributed by atoms with Gasteiger partial charge in [-0.1, -0.05) is 24.1 Å². The summed E-state index contributed by atoms with van der Waals surface area (Å²) in [6.07, 6.45) is 3.40. The van der Waals surface area contributed by atoms with Crippen LogP contribution in [0.1, 0.15) is 46.3 Å². The zero-order valence-electron chi connectivity index (χ0n) is 9.76. The van der Waals surface area contributed by atoms with Gasteiger partial charge >= 0.3 is 0 Å². The molecule has 0 aromatic heterocycles. The molecule has 1 nitrogen and oxygen atoms in total. The summed E-state index contributed by atoms with van der Waals surface area (Å²) >= 11 is 0. The van der Waals surface area contributed by atoms with E-state index in [1.807, 2.05) is 13.8 Å². The molecule has 0 heterocycles. The van der Waals surface area contributed by atoms with Crippen molar-refractivity contribution in [1.29, 1.82) is 0 Å². The van der Waals surface area contributed by atoms with Crippen molar-refractivity contribution in [2.24, 2.45) is 5.92 Å². The smallest absolute Gasteiger partial charge is 0.166 e. The van der Waals surface area contributed by atoms with Gasteiger partial charge in [-0.2, -0.15) is 0 Å². The van der Waals surface area contributed by atoms with E-state index in [1.165, 1.54) is 12.0 Å². The van der Waals surface area contributed by atoms with Crippen molar-refractivity contribution < 1.29 is 4.79 Å². The van der Waals surface area contributed by atoms with Crippen LogP contribution in [-0.2, 0) is 0 Å². The number of carbonyl (C=O) groups excluding carboxylic acids is 1. The third-order valence-electron chi connectivity index (χ3n) is 3.40. The van der Waals surface area contributed by atoms with E-state index in [0.29, 0.717) is 11.7 Å². The van der Waals surface area contributed by atoms with Crippen molar-refractivity contribution in [2.75, 3.05) is 0 Å². The molecule has 2 rings (SSSR count). The van der Waals surface area contributed by atoms with Gasteiger partial charge in [-0.3, -0.25) is 4.79 Å². The molecule has 1 heteroatoms. The third kappa shape index (κ3) is 1.83. The number of aryl methyl sites for hydroxylation is 3. The molecular formula is C14H18O. The third-order valence-corrected chi connectivity index (χ3v) is 3.40. The lowest BCUT2D eigenvalue weighted by molar-refractivity contribution is 0.0854. The van der Waals surface area contributed by atoms with Crippen LogP contribution in [0, 0.1) is 26.7 Å². The maximum Gasteiger partial charge on any atom is 0.166 e. The molecule has 0 aliphatic heterocycles. The van der Waals surface area contributed by atoms with Crippen molar-refractivity contribution in [3.63, 3.8) is 0 Å². The molecule has 1 aliphatic carbocycles. The van der Waals surface area contributed by atoms with Crippen molar-refractivity contribution in [2.45, 2.75) is 40.0 Å². The van der Waals surface area contributed by atoms with Crippen LogP contribution in [0.3, 0.4) is 0 Å². The predicted molar refractivity (Wildman–Crippen MR) is 62.3 cm³/mol. The van der Waals surface area contributed by atoms with E-state index in [9.17, 15) is 4.79 Å². The van der Waals surface area contributed by atoms with Gasteiger partial charge in [0, 0.05) is 11.5 Å². The Labute approximate surface area is 91.5 Å². The molecule has 0 amide bonds. The van der Waals surface area contributed by atoms with Crippen molar-refractivity contribution in [3.8, 4) is 0 Å². The molecule has 0 bridgehead atoms. The Balaban J connectivity index is 2.38. The summed E-state index contributed by atoms with van der Waals surface area (Å²) in [5, 5.41) is 0. The lowest BCUT2D eigenvalue weighted by atomic mass is 9.78. The molecule has 15 heavy (non-hydrogen) atoms. The second kappa shape index (κ2) is 3.80. The molecule has 1 aromatic carbocycles. The number of hydrogen-bond donors (Lipinski definition) is 0. The first kappa shape index (κ1) is 10.4. The van der Waals surface area contributed by atoms with Gasteiger partial charge in [-0.25, -0.2) is 0 Å². The van der Waals surface area contributed by atoms with Crippen LogP contribution in [0.5, 0.6) is 0 Å². The van der Waals surface area contributed by atoms with Gasteiger partial charge in [0.1, 0.15) is 0 Å². The molecule has 1 aromatic rings. The average Bonchev–Trinajstić information content (AvgIpc) is 1.97. The van der Waals surface area contributed by atoms with Gasteiger partial charge in [0.15, 0.2) is 5.78 Å². The molecule has 1 saturated carbocycles. The summed E-state index contributed by atoms with van der Waals surface area (Å²) in [6.45, 7) is 6.18. The van der Waals surface area contributed by atoms with Gasteiger partial charge in [0.25, 0.3) is 0 Å². The summed E-state index contributed by atoms with van der Waals surface area (Å²) in [6, 6.07) is 4.22. The van der Waals surface area contributed by atoms with Gasteiger partial charge in [0.2, 0.25) is 0 Å². The van der Waals surface area contributed by atoms with Crippen LogP contribution < -0.4 is 0 Å². The Kier molecular flexibility index (Phi) is 2.64. The largest absolute Gasteiger partial charge is 0.294 e. The summed E-state index contributed by atoms with van der Waals surface area (Å²) in [5.74, 6) is 0.682. The highest BCUT2D eigenvalue weighted by atomic mass is 16.1. The van der Waals surface area contributed by atoms with E-state index >= 15 is 0 Å². The molecule has 0 atom stereocenters. The van der Waals surface area contributed by atoms with Crippen LogP contribution in [0.15, 0.2) is 12.1 Å². The SMILES string of the molecule is Cc1cc(C)c(C(=O)C2CCC2)c(C)c1. The van der Waals surface area contributed by atoms with Gasteiger partial charge in [-0.05, 0) is 44.7 Å². The Morgan fingerprint density at radius 1 is 1.13 bits per heavy atom. The summed E-state index contributed by atoms with van der Waals surface area (Å²) in [5.41, 5.74) is 4.51. The molecule has 1 fully saturated rings. The Morgan fingerprint density at radius 2 is 1.67 bits per heavy atom. The fraction of sp³-hybridized carbons (Fsp3) is 0.500. The fourth-order valence-electron chi connectivity index (χ4n) is 2.44. The highest BCUT2D eigenvalue weighted by Gasteiger charge is 2.27. The van der Waals surface area contributed by atoms with Crippen LogP contribution in [0.25, 0.3) is 0 Å². The van der Waals surface area contributed by atoms with E-state index in [1.54, 1.807) is 0 Å². The second-order valence-corrected chi connectivity index (χ2v) is 4.77. The number of ketones is 1. The minimum Gasteiger partial charge on any atom is -0.294 e. The van der Waals surface area contributed by atoms with Crippen LogP contribution in [0.4, 0.5) is 0 Å². The number of rotatable bonds is 2. The molecule has 0 radical (unpaired) electrons. The summed E-state index contributed by atoms with van der Waals surface area (Å²) < 4.78 is 0. The topological polar surface area (TPSA) is 17.1 Å². The number of carbonyl (C=O) groups is 1. The summed E-state index contributed by atoms with van der Waals surface area (Å²) in [7, 11) is 0. The second-order valence-electron chi connectivity index (χ2n) is 4.77. The first-order valence-corrected chi connectivity index (χ1v) is 5.71. The summed E-state index contributed by atoms with van der Waals surface area (Å²) in [4.78, 5) is 12.2. The zero-order chi connectivity index (χ0) is 11.0. The molecular weight excluding hydrogens is 184 g/mol. The normalized spacial score (nSPS) is 16.2. The number of Topliss-reactive ketones (excluding diaryl/α,β-unsaturated/α-hetero) is 1. The Hall–Kier alpha value is -1.11. The number of hydrogen-bond acceptors (Lipinski definition) is 1. The van der Waals surface area contributed by atoms with E-state index in [-0.39, 0.29) is 0 Å². The lowest BCUT2D eigenvalue weighted by Gasteiger charge is -2.25. The van der Waals surface area contributed by atoms with Crippen molar-refractivity contribution in [1.82, 2.24) is 0 Å². The minimum absolute atomic E-state index is 0.310. The monoisotopic (exact) mass is 202 g/mol. The molecule has 80 valence electrons. The first-order chi connectivity index (χ1) is 7.09. The van der Waals surface area contributed by atoms with Crippen molar-refractivity contribution in [3.05, 3.63) is 34.4 Å². The number of benzene rings is 1. The van der Waals surface area contributed by atoms with E-state index in [2.05, 4.69) is 19.1 Å². The zero-order valence-corrected chi connectivity index (χ0v) is 9.76. The standard InChI is InChI=1S/C14H18O/c1-9-7-10(2)13(11(3)8-9)14(15)12-5-4-6-12/h7-8,12H,4-6H2,1-3H3. The molecule has 0 saturated heterocycles. The minimum atomic E-state index is 0.310. The van der Waals surface area contributed by atoms with Crippen LogP contribution in [-0.4, -0.2) is 5.78 Å². The van der Waals surface area contributed by atoms with Gasteiger partial charge < -0.3 is 0 Å². The molecule has 0 spiro atoms. The van der Waals surface area contributed by atoms with E-state index < -0.39 is 0 Å². The van der Waals surface area contributed by atoms with Gasteiger partial charge in [0.05, 0.1) is 0 Å². The molecule has 0 unspecified atom stereocenters. The first-order valence-electron chi connectivity index (χ1n) is 5.71.